The minimum absolute atomic E-state index is 0.547. The van der Waals surface area contributed by atoms with Gasteiger partial charge in [0.15, 0.2) is 0 Å². The molecule has 0 spiro atoms. The topological polar surface area (TPSA) is 12.0 Å². The molecule has 0 aromatic heterocycles. The van der Waals surface area contributed by atoms with E-state index in [1.807, 2.05) is 0 Å². The Morgan fingerprint density at radius 1 is 1.33 bits per heavy atom. The van der Waals surface area contributed by atoms with Gasteiger partial charge in [-0.05, 0) is 65.6 Å². The summed E-state index contributed by atoms with van der Waals surface area (Å²) in [6.45, 7) is 3.26. The third-order valence-corrected chi connectivity index (χ3v) is 4.71. The molecule has 1 fully saturated rings. The summed E-state index contributed by atoms with van der Waals surface area (Å²) in [5.41, 5.74) is 1.46. The number of nitrogens with one attached hydrogen (secondary N) is 1. The highest BCUT2D eigenvalue weighted by Gasteiger charge is 2.18. The first-order valence-electron chi connectivity index (χ1n) is 7.28. The van der Waals surface area contributed by atoms with E-state index in [1.165, 1.54) is 47.7 Å². The summed E-state index contributed by atoms with van der Waals surface area (Å²) >= 11 is 2.41. The summed E-state index contributed by atoms with van der Waals surface area (Å²) < 4.78 is 1.34. The van der Waals surface area contributed by atoms with E-state index in [-0.39, 0.29) is 0 Å². The highest BCUT2D eigenvalue weighted by atomic mass is 127. The quantitative estimate of drug-likeness (QED) is 0.713. The van der Waals surface area contributed by atoms with E-state index in [0.29, 0.717) is 6.04 Å². The van der Waals surface area contributed by atoms with Crippen molar-refractivity contribution in [3.8, 4) is 0 Å². The van der Waals surface area contributed by atoms with Crippen LogP contribution in [-0.4, -0.2) is 6.54 Å². The molecule has 2 rings (SSSR count). The minimum Gasteiger partial charge on any atom is -0.310 e. The SMILES string of the molecule is CCNC(CCC1CCCC1)c1cccc(I)c1. The molecule has 1 N–H and O–H groups in total. The van der Waals surface area contributed by atoms with E-state index in [4.69, 9.17) is 0 Å². The van der Waals surface area contributed by atoms with Crippen LogP contribution in [0.4, 0.5) is 0 Å². The standard InChI is InChI=1S/C16H24IN/c1-2-18-16(11-10-13-6-3-4-7-13)14-8-5-9-15(17)12-14/h5,8-9,12-13,16,18H,2-4,6-7,10-11H2,1H3. The fourth-order valence-corrected chi connectivity index (χ4v) is 3.62. The van der Waals surface area contributed by atoms with Crippen molar-refractivity contribution in [3.05, 3.63) is 33.4 Å². The van der Waals surface area contributed by atoms with Crippen LogP contribution >= 0.6 is 22.6 Å². The Balaban J connectivity index is 1.94. The Bertz CT molecular complexity index is 358. The van der Waals surface area contributed by atoms with Gasteiger partial charge < -0.3 is 5.32 Å². The molecular weight excluding hydrogens is 333 g/mol. The van der Waals surface area contributed by atoms with Crippen molar-refractivity contribution in [2.45, 2.75) is 51.5 Å². The number of hydrogen-bond acceptors (Lipinski definition) is 1. The first-order chi connectivity index (χ1) is 8.79. The maximum absolute atomic E-state index is 3.65. The van der Waals surface area contributed by atoms with Crippen molar-refractivity contribution in [1.29, 1.82) is 0 Å². The van der Waals surface area contributed by atoms with Crippen molar-refractivity contribution in [2.24, 2.45) is 5.92 Å². The van der Waals surface area contributed by atoms with Gasteiger partial charge in [0.2, 0.25) is 0 Å². The van der Waals surface area contributed by atoms with Gasteiger partial charge in [0.25, 0.3) is 0 Å². The Morgan fingerprint density at radius 3 is 2.78 bits per heavy atom. The summed E-state index contributed by atoms with van der Waals surface area (Å²) in [5, 5.41) is 3.65. The second-order valence-corrected chi connectivity index (χ2v) is 6.64. The van der Waals surface area contributed by atoms with Gasteiger partial charge in [-0.15, -0.1) is 0 Å². The maximum atomic E-state index is 3.65. The predicted molar refractivity (Wildman–Crippen MR) is 86.8 cm³/mol. The summed E-state index contributed by atoms with van der Waals surface area (Å²) in [6, 6.07) is 9.48. The normalized spacial score (nSPS) is 18.1. The third-order valence-electron chi connectivity index (χ3n) is 4.04. The van der Waals surface area contributed by atoms with Crippen molar-refractivity contribution < 1.29 is 0 Å². The molecule has 18 heavy (non-hydrogen) atoms. The molecule has 0 amide bonds. The lowest BCUT2D eigenvalue weighted by molar-refractivity contribution is 0.417. The number of benzene rings is 1. The Labute approximate surface area is 125 Å². The second kappa shape index (κ2) is 7.49. The van der Waals surface area contributed by atoms with E-state index < -0.39 is 0 Å². The van der Waals surface area contributed by atoms with E-state index >= 15 is 0 Å². The average Bonchev–Trinajstić information content (AvgIpc) is 2.87. The van der Waals surface area contributed by atoms with Crippen LogP contribution in [0.25, 0.3) is 0 Å². The van der Waals surface area contributed by atoms with E-state index in [2.05, 4.69) is 59.1 Å². The van der Waals surface area contributed by atoms with E-state index in [1.54, 1.807) is 0 Å². The molecule has 2 heteroatoms. The molecule has 0 radical (unpaired) electrons. The van der Waals surface area contributed by atoms with Crippen molar-refractivity contribution in [2.75, 3.05) is 6.54 Å². The molecule has 1 nitrogen and oxygen atoms in total. The smallest absolute Gasteiger partial charge is 0.0320 e. The van der Waals surface area contributed by atoms with Gasteiger partial charge in [0.05, 0.1) is 0 Å². The fourth-order valence-electron chi connectivity index (χ4n) is 3.06. The van der Waals surface area contributed by atoms with Crippen molar-refractivity contribution >= 4 is 22.6 Å². The second-order valence-electron chi connectivity index (χ2n) is 5.39. The zero-order valence-electron chi connectivity index (χ0n) is 11.3. The predicted octanol–water partition coefficient (Wildman–Crippen LogP) is 4.91. The van der Waals surface area contributed by atoms with E-state index in [9.17, 15) is 0 Å². The van der Waals surface area contributed by atoms with Gasteiger partial charge >= 0.3 is 0 Å². The summed E-state index contributed by atoms with van der Waals surface area (Å²) in [6.07, 6.45) is 8.53. The van der Waals surface area contributed by atoms with Crippen LogP contribution in [-0.2, 0) is 0 Å². The van der Waals surface area contributed by atoms with E-state index in [0.717, 1.165) is 12.5 Å². The lowest BCUT2D eigenvalue weighted by atomic mass is 9.95. The molecule has 1 atom stereocenters. The van der Waals surface area contributed by atoms with Gasteiger partial charge in [0.1, 0.15) is 0 Å². The number of hydrogen-bond donors (Lipinski definition) is 1. The molecule has 0 aliphatic heterocycles. The Hall–Kier alpha value is -0.0900. The highest BCUT2D eigenvalue weighted by molar-refractivity contribution is 14.1. The van der Waals surface area contributed by atoms with Crippen LogP contribution < -0.4 is 5.32 Å². The molecule has 0 bridgehead atoms. The van der Waals surface area contributed by atoms with Gasteiger partial charge in [-0.2, -0.15) is 0 Å². The molecular formula is C16H24IN. The fraction of sp³-hybridized carbons (Fsp3) is 0.625. The summed E-state index contributed by atoms with van der Waals surface area (Å²) in [4.78, 5) is 0. The van der Waals surface area contributed by atoms with Crippen LogP contribution in [0.1, 0.15) is 57.1 Å². The van der Waals surface area contributed by atoms with Gasteiger partial charge in [-0.1, -0.05) is 44.7 Å². The first kappa shape index (κ1) is 14.3. The monoisotopic (exact) mass is 357 g/mol. The molecule has 1 aliphatic rings. The summed E-state index contributed by atoms with van der Waals surface area (Å²) in [5.74, 6) is 0.994. The maximum Gasteiger partial charge on any atom is 0.0320 e. The molecule has 0 saturated heterocycles. The third kappa shape index (κ3) is 4.23. The van der Waals surface area contributed by atoms with Gasteiger partial charge in [-0.3, -0.25) is 0 Å². The highest BCUT2D eigenvalue weighted by Crippen LogP contribution is 2.31. The van der Waals surface area contributed by atoms with Gasteiger partial charge in [0, 0.05) is 9.61 Å². The first-order valence-corrected chi connectivity index (χ1v) is 8.36. The zero-order chi connectivity index (χ0) is 12.8. The van der Waals surface area contributed by atoms with Crippen LogP contribution in [0, 0.1) is 9.49 Å². The minimum atomic E-state index is 0.547. The lowest BCUT2D eigenvalue weighted by Crippen LogP contribution is -2.21. The Morgan fingerprint density at radius 2 is 2.11 bits per heavy atom. The van der Waals surface area contributed by atoms with Crippen LogP contribution in [0.15, 0.2) is 24.3 Å². The average molecular weight is 357 g/mol. The number of halogens is 1. The Kier molecular flexibility index (Phi) is 5.96. The van der Waals surface area contributed by atoms with Crippen molar-refractivity contribution in [1.82, 2.24) is 5.32 Å². The van der Waals surface area contributed by atoms with Crippen LogP contribution in [0.5, 0.6) is 0 Å². The molecule has 1 saturated carbocycles. The van der Waals surface area contributed by atoms with Crippen LogP contribution in [0.2, 0.25) is 0 Å². The molecule has 1 aromatic rings. The molecule has 1 aromatic carbocycles. The molecule has 1 aliphatic carbocycles. The lowest BCUT2D eigenvalue weighted by Gasteiger charge is -2.20. The molecule has 1 unspecified atom stereocenters. The largest absolute Gasteiger partial charge is 0.310 e. The molecule has 100 valence electrons. The number of rotatable bonds is 6. The molecule has 0 heterocycles. The van der Waals surface area contributed by atoms with Crippen molar-refractivity contribution in [3.63, 3.8) is 0 Å². The van der Waals surface area contributed by atoms with Gasteiger partial charge in [-0.25, -0.2) is 0 Å². The van der Waals surface area contributed by atoms with Crippen LogP contribution in [0.3, 0.4) is 0 Å². The summed E-state index contributed by atoms with van der Waals surface area (Å²) in [7, 11) is 0. The zero-order valence-corrected chi connectivity index (χ0v) is 13.4.